The molecule has 0 unspecified atom stereocenters. The molecule has 16 heavy (non-hydrogen) atoms. The highest BCUT2D eigenvalue weighted by atomic mass is 16.1. The number of carbonyl (C=O) groups excluding carboxylic acids is 2. The number of hydrogen-bond donors (Lipinski definition) is 0. The van der Waals surface area contributed by atoms with Crippen molar-refractivity contribution >= 4 is 12.1 Å². The monoisotopic (exact) mass is 218 g/mol. The average molecular weight is 218 g/mol. The Balaban J connectivity index is 2.43. The molecule has 0 fully saturated rings. The van der Waals surface area contributed by atoms with Crippen LogP contribution in [0.25, 0.3) is 0 Å². The maximum atomic E-state index is 11.7. The summed E-state index contributed by atoms with van der Waals surface area (Å²) >= 11 is 0. The van der Waals surface area contributed by atoms with Gasteiger partial charge in [-0.05, 0) is 6.42 Å². The van der Waals surface area contributed by atoms with Crippen molar-refractivity contribution in [3.63, 3.8) is 0 Å². The molecular weight excluding hydrogens is 200 g/mol. The van der Waals surface area contributed by atoms with E-state index in [4.69, 9.17) is 0 Å². The number of ketones is 1. The largest absolute Gasteiger partial charge is 0.298 e. The molecule has 0 aliphatic rings. The molecule has 2 heteroatoms. The molecule has 0 bridgehead atoms. The Morgan fingerprint density at radius 2 is 1.81 bits per heavy atom. The van der Waals surface area contributed by atoms with Crippen molar-refractivity contribution in [2.75, 3.05) is 0 Å². The summed E-state index contributed by atoms with van der Waals surface area (Å²) < 4.78 is 0. The van der Waals surface area contributed by atoms with Crippen LogP contribution < -0.4 is 0 Å². The van der Waals surface area contributed by atoms with Gasteiger partial charge >= 0.3 is 0 Å². The van der Waals surface area contributed by atoms with Crippen molar-refractivity contribution in [1.29, 1.82) is 0 Å². The van der Waals surface area contributed by atoms with Crippen molar-refractivity contribution in [2.24, 2.45) is 0 Å². The van der Waals surface area contributed by atoms with Crippen LogP contribution in [0, 0.1) is 0 Å². The van der Waals surface area contributed by atoms with E-state index in [0.29, 0.717) is 17.5 Å². The van der Waals surface area contributed by atoms with Gasteiger partial charge in [-0.25, -0.2) is 0 Å². The molecule has 0 radical (unpaired) electrons. The number of hydrogen-bond acceptors (Lipinski definition) is 2. The van der Waals surface area contributed by atoms with Crippen molar-refractivity contribution in [2.45, 2.75) is 39.0 Å². The maximum Gasteiger partial charge on any atom is 0.162 e. The number of aldehydes is 1. The zero-order chi connectivity index (χ0) is 11.8. The van der Waals surface area contributed by atoms with Crippen LogP contribution in [0.2, 0.25) is 0 Å². The van der Waals surface area contributed by atoms with Gasteiger partial charge in [-0.15, -0.1) is 0 Å². The Bertz CT molecular complexity index is 338. The lowest BCUT2D eigenvalue weighted by molar-refractivity contribution is 0.0978. The molecule has 2 nitrogen and oxygen atoms in total. The molecular formula is C14H18O2. The Hall–Kier alpha value is -1.44. The van der Waals surface area contributed by atoms with Crippen LogP contribution in [-0.2, 0) is 0 Å². The molecule has 0 saturated carbocycles. The van der Waals surface area contributed by atoms with Crippen molar-refractivity contribution in [1.82, 2.24) is 0 Å². The molecule has 0 N–H and O–H groups in total. The lowest BCUT2D eigenvalue weighted by Crippen LogP contribution is -1.99. The summed E-state index contributed by atoms with van der Waals surface area (Å²) in [5.41, 5.74) is 1.32. The Morgan fingerprint density at radius 3 is 2.38 bits per heavy atom. The van der Waals surface area contributed by atoms with Gasteiger partial charge in [0, 0.05) is 17.5 Å². The van der Waals surface area contributed by atoms with E-state index in [1.54, 1.807) is 24.3 Å². The molecule has 0 saturated heterocycles. The second-order valence-electron chi connectivity index (χ2n) is 3.97. The highest BCUT2D eigenvalue weighted by molar-refractivity contribution is 5.96. The minimum Gasteiger partial charge on any atom is -0.298 e. The number of unbranched alkanes of at least 4 members (excludes halogenated alkanes) is 3. The van der Waals surface area contributed by atoms with E-state index < -0.39 is 0 Å². The van der Waals surface area contributed by atoms with E-state index >= 15 is 0 Å². The smallest absolute Gasteiger partial charge is 0.162 e. The van der Waals surface area contributed by atoms with Gasteiger partial charge < -0.3 is 0 Å². The number of benzene rings is 1. The standard InChI is InChI=1S/C14H18O2/c1-2-3-4-5-6-14(16)13-9-7-12(11-15)8-10-13/h7-11H,2-6H2,1H3. The van der Waals surface area contributed by atoms with Gasteiger partial charge in [-0.1, -0.05) is 50.5 Å². The van der Waals surface area contributed by atoms with Crippen LogP contribution in [0.5, 0.6) is 0 Å². The fraction of sp³-hybridized carbons (Fsp3) is 0.429. The zero-order valence-electron chi connectivity index (χ0n) is 9.74. The molecule has 1 aromatic rings. The lowest BCUT2D eigenvalue weighted by Gasteiger charge is -2.01. The fourth-order valence-corrected chi connectivity index (χ4v) is 1.60. The van der Waals surface area contributed by atoms with E-state index in [2.05, 4.69) is 6.92 Å². The molecule has 0 spiro atoms. The van der Waals surface area contributed by atoms with Gasteiger partial charge in [0.2, 0.25) is 0 Å². The van der Waals surface area contributed by atoms with Gasteiger partial charge in [0.25, 0.3) is 0 Å². The molecule has 86 valence electrons. The van der Waals surface area contributed by atoms with Crippen LogP contribution in [0.4, 0.5) is 0 Å². The SMILES string of the molecule is CCCCCCC(=O)c1ccc(C=O)cc1. The summed E-state index contributed by atoms with van der Waals surface area (Å²) in [6, 6.07) is 6.83. The van der Waals surface area contributed by atoms with E-state index in [0.717, 1.165) is 19.1 Å². The summed E-state index contributed by atoms with van der Waals surface area (Å²) in [6.07, 6.45) is 5.85. The third-order valence-electron chi connectivity index (χ3n) is 2.63. The predicted molar refractivity (Wildman–Crippen MR) is 64.9 cm³/mol. The van der Waals surface area contributed by atoms with Gasteiger partial charge in [-0.2, -0.15) is 0 Å². The Kier molecular flexibility index (Phi) is 5.48. The third-order valence-corrected chi connectivity index (χ3v) is 2.63. The van der Waals surface area contributed by atoms with Crippen LogP contribution in [0.1, 0.15) is 59.7 Å². The highest BCUT2D eigenvalue weighted by Crippen LogP contribution is 2.10. The Morgan fingerprint density at radius 1 is 1.12 bits per heavy atom. The Labute approximate surface area is 96.7 Å². The van der Waals surface area contributed by atoms with Gasteiger partial charge in [0.1, 0.15) is 6.29 Å². The molecule has 1 aromatic carbocycles. The van der Waals surface area contributed by atoms with Crippen molar-refractivity contribution < 1.29 is 9.59 Å². The van der Waals surface area contributed by atoms with E-state index in [1.165, 1.54) is 12.8 Å². The fourth-order valence-electron chi connectivity index (χ4n) is 1.60. The summed E-state index contributed by atoms with van der Waals surface area (Å²) in [5, 5.41) is 0. The van der Waals surface area contributed by atoms with Crippen molar-refractivity contribution in [3.8, 4) is 0 Å². The van der Waals surface area contributed by atoms with Gasteiger partial charge in [-0.3, -0.25) is 9.59 Å². The van der Waals surface area contributed by atoms with Gasteiger partial charge in [0.05, 0.1) is 0 Å². The van der Waals surface area contributed by atoms with E-state index in [9.17, 15) is 9.59 Å². The molecule has 0 aliphatic carbocycles. The first-order chi connectivity index (χ1) is 7.77. The summed E-state index contributed by atoms with van der Waals surface area (Å²) in [4.78, 5) is 22.2. The van der Waals surface area contributed by atoms with Gasteiger partial charge in [0.15, 0.2) is 5.78 Å². The average Bonchev–Trinajstić information content (AvgIpc) is 2.34. The molecule has 0 atom stereocenters. The maximum absolute atomic E-state index is 11.7. The first-order valence-corrected chi connectivity index (χ1v) is 5.86. The zero-order valence-corrected chi connectivity index (χ0v) is 9.74. The summed E-state index contributed by atoms with van der Waals surface area (Å²) in [5.74, 6) is 0.175. The second-order valence-corrected chi connectivity index (χ2v) is 3.97. The molecule has 0 heterocycles. The third kappa shape index (κ3) is 3.97. The van der Waals surface area contributed by atoms with E-state index in [-0.39, 0.29) is 5.78 Å². The molecule has 0 aliphatic heterocycles. The number of rotatable bonds is 7. The highest BCUT2D eigenvalue weighted by Gasteiger charge is 2.04. The van der Waals surface area contributed by atoms with Crippen molar-refractivity contribution in [3.05, 3.63) is 35.4 Å². The molecule has 0 aromatic heterocycles. The topological polar surface area (TPSA) is 34.1 Å². The van der Waals surface area contributed by atoms with Crippen LogP contribution >= 0.6 is 0 Å². The first kappa shape index (κ1) is 12.6. The van der Waals surface area contributed by atoms with Crippen LogP contribution in [-0.4, -0.2) is 12.1 Å². The predicted octanol–water partition coefficient (Wildman–Crippen LogP) is 3.65. The summed E-state index contributed by atoms with van der Waals surface area (Å²) in [7, 11) is 0. The minimum atomic E-state index is 0.175. The normalized spacial score (nSPS) is 10.1. The summed E-state index contributed by atoms with van der Waals surface area (Å²) in [6.45, 7) is 2.15. The molecule has 0 amide bonds. The van der Waals surface area contributed by atoms with E-state index in [1.807, 2.05) is 0 Å². The van der Waals surface area contributed by atoms with Crippen LogP contribution in [0.3, 0.4) is 0 Å². The lowest BCUT2D eigenvalue weighted by atomic mass is 10.0. The van der Waals surface area contributed by atoms with Crippen LogP contribution in [0.15, 0.2) is 24.3 Å². The number of carbonyl (C=O) groups is 2. The first-order valence-electron chi connectivity index (χ1n) is 5.86. The minimum absolute atomic E-state index is 0.175. The quantitative estimate of drug-likeness (QED) is 0.397. The number of Topliss-reactive ketones (excluding diaryl/α,β-unsaturated/α-hetero) is 1. The second kappa shape index (κ2) is 6.94. The molecule has 1 rings (SSSR count).